The smallest absolute Gasteiger partial charge is 0.161 e. The number of aryl methyl sites for hydroxylation is 1. The number of nitrogens with two attached hydrogens (primary N) is 1. The monoisotopic (exact) mass is 275 g/mol. The van der Waals surface area contributed by atoms with Crippen molar-refractivity contribution in [2.75, 3.05) is 14.2 Å². The molecule has 1 heterocycles. The van der Waals surface area contributed by atoms with Crippen molar-refractivity contribution in [3.8, 4) is 11.5 Å². The summed E-state index contributed by atoms with van der Waals surface area (Å²) in [5.41, 5.74) is 8.42. The molecule has 0 aliphatic heterocycles. The first-order valence-electron chi connectivity index (χ1n) is 6.67. The number of hydrogen-bond acceptors (Lipinski definition) is 4. The third kappa shape index (κ3) is 2.93. The highest BCUT2D eigenvalue weighted by Crippen LogP contribution is 2.26. The van der Waals surface area contributed by atoms with Gasteiger partial charge in [0, 0.05) is 6.54 Å². The van der Waals surface area contributed by atoms with Crippen molar-refractivity contribution in [1.29, 1.82) is 0 Å². The van der Waals surface area contributed by atoms with E-state index in [0.717, 1.165) is 35.7 Å². The van der Waals surface area contributed by atoms with E-state index in [1.165, 1.54) is 0 Å². The average Bonchev–Trinajstić information content (AvgIpc) is 2.91. The Morgan fingerprint density at radius 2 is 1.90 bits per heavy atom. The minimum absolute atomic E-state index is 0.152. The molecule has 0 aliphatic carbocycles. The minimum Gasteiger partial charge on any atom is -0.497 e. The van der Waals surface area contributed by atoms with E-state index in [1.54, 1.807) is 20.4 Å². The van der Waals surface area contributed by atoms with Crippen LogP contribution in [0.2, 0.25) is 0 Å². The highest BCUT2D eigenvalue weighted by Gasteiger charge is 2.18. The van der Waals surface area contributed by atoms with E-state index < -0.39 is 0 Å². The summed E-state index contributed by atoms with van der Waals surface area (Å²) in [6.07, 6.45) is 2.44. The van der Waals surface area contributed by atoms with Crippen molar-refractivity contribution in [3.63, 3.8) is 0 Å². The van der Waals surface area contributed by atoms with Crippen LogP contribution in [0.5, 0.6) is 11.5 Å². The third-order valence-corrected chi connectivity index (χ3v) is 3.33. The fourth-order valence-corrected chi connectivity index (χ4v) is 2.27. The van der Waals surface area contributed by atoms with Gasteiger partial charge in [-0.05, 0) is 31.0 Å². The lowest BCUT2D eigenvalue weighted by molar-refractivity contribution is 0.401. The van der Waals surface area contributed by atoms with E-state index in [-0.39, 0.29) is 6.04 Å². The normalized spacial score (nSPS) is 12.2. The predicted octanol–water partition coefficient (Wildman–Crippen LogP) is 2.16. The number of methoxy groups -OCH3 is 2. The van der Waals surface area contributed by atoms with Gasteiger partial charge in [-0.1, -0.05) is 12.1 Å². The Morgan fingerprint density at radius 1 is 1.20 bits per heavy atom. The molecular weight excluding hydrogens is 254 g/mol. The van der Waals surface area contributed by atoms with Gasteiger partial charge in [0.2, 0.25) is 0 Å². The molecule has 20 heavy (non-hydrogen) atoms. The molecule has 5 heteroatoms. The quantitative estimate of drug-likeness (QED) is 0.877. The van der Waals surface area contributed by atoms with E-state index in [0.29, 0.717) is 0 Å². The van der Waals surface area contributed by atoms with E-state index >= 15 is 0 Å². The van der Waals surface area contributed by atoms with Crippen molar-refractivity contribution in [2.45, 2.75) is 25.9 Å². The Labute approximate surface area is 119 Å². The molecule has 5 nitrogen and oxygen atoms in total. The van der Waals surface area contributed by atoms with Crippen LogP contribution in [-0.4, -0.2) is 24.0 Å². The van der Waals surface area contributed by atoms with Gasteiger partial charge < -0.3 is 15.2 Å². The first kappa shape index (κ1) is 14.4. The van der Waals surface area contributed by atoms with Gasteiger partial charge in [-0.2, -0.15) is 5.10 Å². The molecule has 1 unspecified atom stereocenters. The largest absolute Gasteiger partial charge is 0.497 e. The minimum atomic E-state index is -0.152. The Hall–Kier alpha value is -2.01. The van der Waals surface area contributed by atoms with Crippen molar-refractivity contribution in [3.05, 3.63) is 41.7 Å². The van der Waals surface area contributed by atoms with Crippen LogP contribution in [0.1, 0.15) is 24.2 Å². The van der Waals surface area contributed by atoms with Gasteiger partial charge in [0.05, 0.1) is 32.2 Å². The highest BCUT2D eigenvalue weighted by molar-refractivity contribution is 5.32. The van der Waals surface area contributed by atoms with Gasteiger partial charge >= 0.3 is 0 Å². The molecule has 0 bridgehead atoms. The van der Waals surface area contributed by atoms with Crippen LogP contribution in [-0.2, 0) is 13.0 Å². The first-order valence-corrected chi connectivity index (χ1v) is 6.67. The molecule has 0 aliphatic rings. The van der Waals surface area contributed by atoms with Crippen LogP contribution < -0.4 is 15.2 Å². The molecule has 0 amide bonds. The standard InChI is InChI=1S/C15H21N3O2/c1-4-18-15(14(20-3)10-17-18)13(16)9-11-5-7-12(19-2)8-6-11/h5-8,10,13H,4,9,16H2,1-3H3. The van der Waals surface area contributed by atoms with Gasteiger partial charge in [-0.3, -0.25) is 4.68 Å². The average molecular weight is 275 g/mol. The molecule has 0 fully saturated rings. The number of nitrogens with zero attached hydrogens (tertiary/aromatic N) is 2. The Morgan fingerprint density at radius 3 is 2.45 bits per heavy atom. The molecule has 2 aromatic rings. The van der Waals surface area contributed by atoms with Crippen molar-refractivity contribution in [1.82, 2.24) is 9.78 Å². The topological polar surface area (TPSA) is 62.3 Å². The summed E-state index contributed by atoms with van der Waals surface area (Å²) in [5, 5.41) is 4.29. The van der Waals surface area contributed by atoms with Crippen molar-refractivity contribution < 1.29 is 9.47 Å². The number of benzene rings is 1. The lowest BCUT2D eigenvalue weighted by atomic mass is 10.0. The zero-order valence-corrected chi connectivity index (χ0v) is 12.2. The number of aromatic nitrogens is 2. The summed E-state index contributed by atoms with van der Waals surface area (Å²) in [7, 11) is 3.30. The van der Waals surface area contributed by atoms with Crippen molar-refractivity contribution >= 4 is 0 Å². The SMILES string of the molecule is CCn1ncc(OC)c1C(N)Cc1ccc(OC)cc1. The number of rotatable bonds is 6. The molecule has 0 radical (unpaired) electrons. The fraction of sp³-hybridized carbons (Fsp3) is 0.400. The number of ether oxygens (including phenoxy) is 2. The Bertz CT molecular complexity index is 527. The van der Waals surface area contributed by atoms with Gasteiger partial charge in [0.25, 0.3) is 0 Å². The lowest BCUT2D eigenvalue weighted by Gasteiger charge is -2.15. The van der Waals surface area contributed by atoms with Crippen LogP contribution in [0, 0.1) is 0 Å². The van der Waals surface area contributed by atoms with E-state index in [4.69, 9.17) is 15.2 Å². The maximum atomic E-state index is 6.32. The maximum absolute atomic E-state index is 6.32. The molecule has 0 spiro atoms. The first-order chi connectivity index (χ1) is 9.69. The molecule has 108 valence electrons. The van der Waals surface area contributed by atoms with Crippen LogP contribution in [0.4, 0.5) is 0 Å². The Balaban J connectivity index is 2.18. The van der Waals surface area contributed by atoms with Gasteiger partial charge in [0.15, 0.2) is 5.75 Å². The molecule has 0 saturated heterocycles. The second kappa shape index (κ2) is 6.43. The molecular formula is C15H21N3O2. The second-order valence-electron chi connectivity index (χ2n) is 4.57. The Kier molecular flexibility index (Phi) is 4.63. The van der Waals surface area contributed by atoms with Crippen LogP contribution in [0.15, 0.2) is 30.5 Å². The highest BCUT2D eigenvalue weighted by atomic mass is 16.5. The summed E-state index contributed by atoms with van der Waals surface area (Å²) in [5.74, 6) is 1.59. The van der Waals surface area contributed by atoms with Crippen molar-refractivity contribution in [2.24, 2.45) is 5.73 Å². The molecule has 1 aromatic carbocycles. The van der Waals surface area contributed by atoms with Crippen LogP contribution >= 0.6 is 0 Å². The van der Waals surface area contributed by atoms with Gasteiger partial charge in [-0.15, -0.1) is 0 Å². The fourth-order valence-electron chi connectivity index (χ4n) is 2.27. The summed E-state index contributed by atoms with van der Waals surface area (Å²) < 4.78 is 12.4. The third-order valence-electron chi connectivity index (χ3n) is 3.33. The summed E-state index contributed by atoms with van der Waals surface area (Å²) in [6, 6.07) is 7.78. The van der Waals surface area contributed by atoms with Crippen LogP contribution in [0.25, 0.3) is 0 Å². The molecule has 1 atom stereocenters. The van der Waals surface area contributed by atoms with Gasteiger partial charge in [-0.25, -0.2) is 0 Å². The number of hydrogen-bond donors (Lipinski definition) is 1. The molecule has 0 saturated carbocycles. The summed E-state index contributed by atoms with van der Waals surface area (Å²) >= 11 is 0. The van der Waals surface area contributed by atoms with E-state index in [2.05, 4.69) is 5.10 Å². The zero-order valence-electron chi connectivity index (χ0n) is 12.2. The molecule has 2 rings (SSSR count). The van der Waals surface area contributed by atoms with Crippen LogP contribution in [0.3, 0.4) is 0 Å². The zero-order chi connectivity index (χ0) is 14.5. The van der Waals surface area contributed by atoms with E-state index in [1.807, 2.05) is 35.9 Å². The lowest BCUT2D eigenvalue weighted by Crippen LogP contribution is -2.19. The summed E-state index contributed by atoms with van der Waals surface area (Å²) in [6.45, 7) is 2.81. The summed E-state index contributed by atoms with van der Waals surface area (Å²) in [4.78, 5) is 0. The van der Waals surface area contributed by atoms with E-state index in [9.17, 15) is 0 Å². The molecule has 2 N–H and O–H groups in total. The van der Waals surface area contributed by atoms with Gasteiger partial charge in [0.1, 0.15) is 5.75 Å². The predicted molar refractivity (Wildman–Crippen MR) is 78.1 cm³/mol. The second-order valence-corrected chi connectivity index (χ2v) is 4.57. The molecule has 1 aromatic heterocycles. The maximum Gasteiger partial charge on any atom is 0.161 e.